The summed E-state index contributed by atoms with van der Waals surface area (Å²) in [4.78, 5) is 12.1. The molecule has 1 amide bonds. The summed E-state index contributed by atoms with van der Waals surface area (Å²) in [6, 6.07) is 0. The second kappa shape index (κ2) is 4.72. The molecule has 2 aliphatic rings. The van der Waals surface area contributed by atoms with Crippen LogP contribution in [0, 0.1) is 5.92 Å². The molecule has 0 spiro atoms. The molecule has 3 atom stereocenters. The van der Waals surface area contributed by atoms with Gasteiger partial charge < -0.3 is 15.4 Å². The van der Waals surface area contributed by atoms with Crippen molar-refractivity contribution >= 4 is 5.91 Å². The predicted molar refractivity (Wildman–Crippen MR) is 62.2 cm³/mol. The summed E-state index contributed by atoms with van der Waals surface area (Å²) >= 11 is 0. The summed E-state index contributed by atoms with van der Waals surface area (Å²) in [6.45, 7) is 6.73. The van der Waals surface area contributed by atoms with Gasteiger partial charge in [0.2, 0.25) is 5.91 Å². The molecule has 0 aromatic rings. The van der Waals surface area contributed by atoms with Crippen molar-refractivity contribution in [2.45, 2.75) is 44.8 Å². The molecule has 0 saturated carbocycles. The maximum Gasteiger partial charge on any atom is 0.224 e. The number of amides is 1. The quantitative estimate of drug-likeness (QED) is 0.727. The fraction of sp³-hybridized carbons (Fsp3) is 0.917. The van der Waals surface area contributed by atoms with E-state index in [0.717, 1.165) is 39.0 Å². The Balaban J connectivity index is 1.90. The molecule has 4 heteroatoms. The highest BCUT2D eigenvalue weighted by Gasteiger charge is 2.39. The minimum atomic E-state index is -0.172. The first-order valence-electron chi connectivity index (χ1n) is 6.26. The molecule has 0 bridgehead atoms. The Morgan fingerprint density at radius 2 is 2.38 bits per heavy atom. The van der Waals surface area contributed by atoms with Gasteiger partial charge in [0.15, 0.2) is 0 Å². The van der Waals surface area contributed by atoms with Crippen molar-refractivity contribution in [2.24, 2.45) is 5.92 Å². The average molecular weight is 226 g/mol. The highest BCUT2D eigenvalue weighted by molar-refractivity contribution is 5.79. The van der Waals surface area contributed by atoms with Crippen LogP contribution in [0.1, 0.15) is 33.1 Å². The third kappa shape index (κ3) is 2.38. The standard InChI is InChI=1S/C12H22N2O2/c1-9-12(2,5-7-16-9)14-11(15)10-4-3-6-13-8-10/h9-10,13H,3-8H2,1-2H3,(H,14,15)/t9?,10-,12?/m1/s1. The molecule has 0 aliphatic carbocycles. The molecule has 2 aliphatic heterocycles. The van der Waals surface area contributed by atoms with E-state index in [0.29, 0.717) is 0 Å². The molecule has 92 valence electrons. The van der Waals surface area contributed by atoms with E-state index in [2.05, 4.69) is 17.6 Å². The Labute approximate surface area is 97.1 Å². The first-order chi connectivity index (χ1) is 7.62. The number of carbonyl (C=O) groups is 1. The molecular formula is C12H22N2O2. The largest absolute Gasteiger partial charge is 0.376 e. The lowest BCUT2D eigenvalue weighted by Crippen LogP contribution is -2.54. The fourth-order valence-corrected chi connectivity index (χ4v) is 2.46. The van der Waals surface area contributed by atoms with Gasteiger partial charge in [0.25, 0.3) is 0 Å². The molecule has 0 radical (unpaired) electrons. The van der Waals surface area contributed by atoms with Crippen LogP contribution in [0.3, 0.4) is 0 Å². The monoisotopic (exact) mass is 226 g/mol. The van der Waals surface area contributed by atoms with Crippen LogP contribution in [0.2, 0.25) is 0 Å². The van der Waals surface area contributed by atoms with Gasteiger partial charge in [0.05, 0.1) is 17.6 Å². The number of piperidine rings is 1. The van der Waals surface area contributed by atoms with Gasteiger partial charge >= 0.3 is 0 Å². The summed E-state index contributed by atoms with van der Waals surface area (Å²) in [5.74, 6) is 0.324. The van der Waals surface area contributed by atoms with E-state index in [1.54, 1.807) is 0 Å². The Kier molecular flexibility index (Phi) is 3.50. The zero-order valence-electron chi connectivity index (χ0n) is 10.2. The van der Waals surface area contributed by atoms with Gasteiger partial charge in [-0.05, 0) is 39.7 Å². The predicted octanol–water partition coefficient (Wildman–Crippen LogP) is 0.670. The molecule has 16 heavy (non-hydrogen) atoms. The minimum Gasteiger partial charge on any atom is -0.376 e. The molecule has 0 aromatic carbocycles. The highest BCUT2D eigenvalue weighted by atomic mass is 16.5. The van der Waals surface area contributed by atoms with Crippen molar-refractivity contribution in [1.29, 1.82) is 0 Å². The Morgan fingerprint density at radius 3 is 2.94 bits per heavy atom. The molecule has 2 saturated heterocycles. The lowest BCUT2D eigenvalue weighted by Gasteiger charge is -2.32. The maximum atomic E-state index is 12.1. The smallest absolute Gasteiger partial charge is 0.224 e. The van der Waals surface area contributed by atoms with Crippen LogP contribution in [-0.2, 0) is 9.53 Å². The van der Waals surface area contributed by atoms with E-state index >= 15 is 0 Å². The number of carbonyl (C=O) groups excluding carboxylic acids is 1. The van der Waals surface area contributed by atoms with Crippen LogP contribution in [-0.4, -0.2) is 37.2 Å². The summed E-state index contributed by atoms with van der Waals surface area (Å²) in [7, 11) is 0. The van der Waals surface area contributed by atoms with E-state index in [-0.39, 0.29) is 23.5 Å². The Hall–Kier alpha value is -0.610. The van der Waals surface area contributed by atoms with Crippen LogP contribution in [0.5, 0.6) is 0 Å². The van der Waals surface area contributed by atoms with Gasteiger partial charge in [-0.25, -0.2) is 0 Å². The van der Waals surface area contributed by atoms with Gasteiger partial charge in [-0.3, -0.25) is 4.79 Å². The number of hydrogen-bond donors (Lipinski definition) is 2. The van der Waals surface area contributed by atoms with E-state index < -0.39 is 0 Å². The van der Waals surface area contributed by atoms with Crippen molar-refractivity contribution in [1.82, 2.24) is 10.6 Å². The summed E-state index contributed by atoms with van der Waals surface area (Å²) < 4.78 is 5.53. The van der Waals surface area contributed by atoms with E-state index in [4.69, 9.17) is 4.74 Å². The molecular weight excluding hydrogens is 204 g/mol. The first-order valence-corrected chi connectivity index (χ1v) is 6.26. The van der Waals surface area contributed by atoms with Gasteiger partial charge in [-0.2, -0.15) is 0 Å². The average Bonchev–Trinajstić information content (AvgIpc) is 2.60. The third-order valence-corrected chi connectivity index (χ3v) is 3.96. The topological polar surface area (TPSA) is 50.4 Å². The second-order valence-corrected chi connectivity index (χ2v) is 5.21. The summed E-state index contributed by atoms with van der Waals surface area (Å²) in [5.41, 5.74) is -0.172. The number of nitrogens with one attached hydrogen (secondary N) is 2. The lowest BCUT2D eigenvalue weighted by molar-refractivity contribution is -0.128. The Bertz CT molecular complexity index is 264. The van der Waals surface area contributed by atoms with Crippen molar-refractivity contribution in [3.8, 4) is 0 Å². The lowest BCUT2D eigenvalue weighted by atomic mass is 9.92. The normalized spacial score (nSPS) is 39.6. The van der Waals surface area contributed by atoms with E-state index in [1.165, 1.54) is 0 Å². The van der Waals surface area contributed by atoms with E-state index in [1.807, 2.05) is 6.92 Å². The molecule has 2 rings (SSSR count). The van der Waals surface area contributed by atoms with Gasteiger partial charge in [0, 0.05) is 13.2 Å². The van der Waals surface area contributed by atoms with Crippen LogP contribution in [0.15, 0.2) is 0 Å². The van der Waals surface area contributed by atoms with Gasteiger partial charge in [-0.1, -0.05) is 0 Å². The SMILES string of the molecule is CC1OCCC1(C)NC(=O)[C@@H]1CCCNC1. The second-order valence-electron chi connectivity index (χ2n) is 5.21. The van der Waals surface area contributed by atoms with Gasteiger partial charge in [0.1, 0.15) is 0 Å². The van der Waals surface area contributed by atoms with Crippen LogP contribution >= 0.6 is 0 Å². The first kappa shape index (κ1) is 11.9. The molecule has 2 fully saturated rings. The summed E-state index contributed by atoms with van der Waals surface area (Å²) in [5, 5.41) is 6.44. The minimum absolute atomic E-state index is 0.119. The third-order valence-electron chi connectivity index (χ3n) is 3.96. The maximum absolute atomic E-state index is 12.1. The zero-order chi connectivity index (χ0) is 11.6. The van der Waals surface area contributed by atoms with E-state index in [9.17, 15) is 4.79 Å². The van der Waals surface area contributed by atoms with Crippen molar-refractivity contribution in [3.05, 3.63) is 0 Å². The molecule has 4 nitrogen and oxygen atoms in total. The molecule has 0 aromatic heterocycles. The Morgan fingerprint density at radius 1 is 1.56 bits per heavy atom. The number of rotatable bonds is 2. The van der Waals surface area contributed by atoms with Crippen molar-refractivity contribution < 1.29 is 9.53 Å². The number of hydrogen-bond acceptors (Lipinski definition) is 3. The molecule has 2 heterocycles. The van der Waals surface area contributed by atoms with Crippen molar-refractivity contribution in [3.63, 3.8) is 0 Å². The van der Waals surface area contributed by atoms with Crippen LogP contribution < -0.4 is 10.6 Å². The highest BCUT2D eigenvalue weighted by Crippen LogP contribution is 2.26. The van der Waals surface area contributed by atoms with Crippen LogP contribution in [0.4, 0.5) is 0 Å². The zero-order valence-corrected chi connectivity index (χ0v) is 10.2. The van der Waals surface area contributed by atoms with Crippen LogP contribution in [0.25, 0.3) is 0 Å². The molecule has 2 unspecified atom stereocenters. The summed E-state index contributed by atoms with van der Waals surface area (Å²) in [6.07, 6.45) is 3.14. The molecule has 2 N–H and O–H groups in total. The fourth-order valence-electron chi connectivity index (χ4n) is 2.46. The number of ether oxygens (including phenoxy) is 1. The van der Waals surface area contributed by atoms with Crippen molar-refractivity contribution in [2.75, 3.05) is 19.7 Å². The van der Waals surface area contributed by atoms with Gasteiger partial charge in [-0.15, -0.1) is 0 Å².